The number of rotatable bonds is 2. The van der Waals surface area contributed by atoms with Gasteiger partial charge in [-0.2, -0.15) is 0 Å². The van der Waals surface area contributed by atoms with Crippen LogP contribution in [0.1, 0.15) is 13.8 Å². The Labute approximate surface area is 44.9 Å². The SMILES string of the molecule is CNC(C)(C)OC. The van der Waals surface area contributed by atoms with Gasteiger partial charge in [0.2, 0.25) is 0 Å². The predicted molar refractivity (Wildman–Crippen MR) is 30.1 cm³/mol. The van der Waals surface area contributed by atoms with E-state index in [0.717, 1.165) is 0 Å². The van der Waals surface area contributed by atoms with Crippen molar-refractivity contribution in [2.45, 2.75) is 19.6 Å². The minimum atomic E-state index is -0.167. The second kappa shape index (κ2) is 2.28. The third-order valence-electron chi connectivity index (χ3n) is 1.11. The largest absolute Gasteiger partial charge is 0.364 e. The minimum Gasteiger partial charge on any atom is -0.364 e. The molecular formula is C5H13NO. The zero-order chi connectivity index (χ0) is 5.91. The highest BCUT2D eigenvalue weighted by Gasteiger charge is 2.09. The normalized spacial score (nSPS) is 12.0. The average Bonchev–Trinajstić information content (AvgIpc) is 1.68. The van der Waals surface area contributed by atoms with E-state index in [0.29, 0.717) is 0 Å². The molecule has 0 fully saturated rings. The van der Waals surface area contributed by atoms with E-state index in [2.05, 4.69) is 5.32 Å². The summed E-state index contributed by atoms with van der Waals surface area (Å²) in [5, 5.41) is 2.97. The molecule has 0 saturated carbocycles. The van der Waals surface area contributed by atoms with Gasteiger partial charge in [-0.3, -0.25) is 5.32 Å². The van der Waals surface area contributed by atoms with Gasteiger partial charge in [0.25, 0.3) is 0 Å². The Morgan fingerprint density at radius 3 is 1.86 bits per heavy atom. The zero-order valence-corrected chi connectivity index (χ0v) is 5.41. The van der Waals surface area contributed by atoms with Crippen molar-refractivity contribution in [2.24, 2.45) is 0 Å². The van der Waals surface area contributed by atoms with E-state index in [9.17, 15) is 0 Å². The third kappa shape index (κ3) is 2.60. The van der Waals surface area contributed by atoms with E-state index in [1.54, 1.807) is 7.11 Å². The smallest absolute Gasteiger partial charge is 0.112 e. The lowest BCUT2D eigenvalue weighted by atomic mass is 10.3. The van der Waals surface area contributed by atoms with Gasteiger partial charge in [0, 0.05) is 7.11 Å². The van der Waals surface area contributed by atoms with Crippen molar-refractivity contribution in [1.82, 2.24) is 5.32 Å². The number of hydrogen-bond donors (Lipinski definition) is 1. The van der Waals surface area contributed by atoms with Crippen LogP contribution in [0, 0.1) is 0 Å². The maximum absolute atomic E-state index is 4.98. The van der Waals surface area contributed by atoms with Crippen molar-refractivity contribution in [3.8, 4) is 0 Å². The maximum Gasteiger partial charge on any atom is 0.112 e. The lowest BCUT2D eigenvalue weighted by Gasteiger charge is -2.20. The fourth-order valence-corrected chi connectivity index (χ4v) is 0.102. The molecule has 0 bridgehead atoms. The van der Waals surface area contributed by atoms with Crippen LogP contribution in [0.2, 0.25) is 0 Å². The molecule has 0 atom stereocenters. The van der Waals surface area contributed by atoms with Crippen LogP contribution in [-0.4, -0.2) is 19.9 Å². The first-order valence-electron chi connectivity index (χ1n) is 2.36. The Kier molecular flexibility index (Phi) is 2.26. The molecule has 2 heteroatoms. The lowest BCUT2D eigenvalue weighted by molar-refractivity contribution is -0.000467. The topological polar surface area (TPSA) is 21.3 Å². The highest BCUT2D eigenvalue weighted by molar-refractivity contribution is 4.58. The van der Waals surface area contributed by atoms with Crippen molar-refractivity contribution >= 4 is 0 Å². The van der Waals surface area contributed by atoms with Gasteiger partial charge in [0.05, 0.1) is 0 Å². The van der Waals surface area contributed by atoms with E-state index >= 15 is 0 Å². The summed E-state index contributed by atoms with van der Waals surface area (Å²) in [5.41, 5.74) is -0.167. The van der Waals surface area contributed by atoms with Crippen LogP contribution in [0.4, 0.5) is 0 Å². The van der Waals surface area contributed by atoms with Gasteiger partial charge in [-0.05, 0) is 20.9 Å². The quantitative estimate of drug-likeness (QED) is 0.516. The number of hydrogen-bond acceptors (Lipinski definition) is 2. The van der Waals surface area contributed by atoms with Gasteiger partial charge >= 0.3 is 0 Å². The molecule has 0 amide bonds. The molecule has 0 saturated heterocycles. The molecule has 2 nitrogen and oxygen atoms in total. The van der Waals surface area contributed by atoms with Crippen LogP contribution in [0.5, 0.6) is 0 Å². The minimum absolute atomic E-state index is 0.167. The molecule has 0 aliphatic heterocycles. The third-order valence-corrected chi connectivity index (χ3v) is 1.11. The first kappa shape index (κ1) is 6.92. The van der Waals surface area contributed by atoms with Gasteiger partial charge < -0.3 is 4.74 Å². The summed E-state index contributed by atoms with van der Waals surface area (Å²) in [6.45, 7) is 3.93. The summed E-state index contributed by atoms with van der Waals surface area (Å²) in [6.07, 6.45) is 0. The van der Waals surface area contributed by atoms with E-state index in [4.69, 9.17) is 4.74 Å². The predicted octanol–water partition coefficient (Wildman–Crippen LogP) is 0.588. The summed E-state index contributed by atoms with van der Waals surface area (Å²) < 4.78 is 4.98. The van der Waals surface area contributed by atoms with Gasteiger partial charge in [-0.1, -0.05) is 0 Å². The van der Waals surface area contributed by atoms with Crippen LogP contribution in [0.15, 0.2) is 0 Å². The van der Waals surface area contributed by atoms with E-state index in [1.165, 1.54) is 0 Å². The second-order valence-corrected chi connectivity index (χ2v) is 1.96. The Bertz CT molecular complexity index is 46.0. The molecule has 0 unspecified atom stereocenters. The van der Waals surface area contributed by atoms with Crippen molar-refractivity contribution in [3.05, 3.63) is 0 Å². The summed E-state index contributed by atoms with van der Waals surface area (Å²) in [6, 6.07) is 0. The molecule has 0 spiro atoms. The van der Waals surface area contributed by atoms with E-state index in [1.807, 2.05) is 20.9 Å². The van der Waals surface area contributed by atoms with Crippen molar-refractivity contribution in [2.75, 3.05) is 14.2 Å². The van der Waals surface area contributed by atoms with Crippen LogP contribution >= 0.6 is 0 Å². The van der Waals surface area contributed by atoms with Crippen molar-refractivity contribution in [3.63, 3.8) is 0 Å². The molecule has 0 aliphatic carbocycles. The van der Waals surface area contributed by atoms with Gasteiger partial charge in [-0.15, -0.1) is 0 Å². The first-order chi connectivity index (χ1) is 3.12. The molecule has 7 heavy (non-hydrogen) atoms. The molecule has 44 valence electrons. The second-order valence-electron chi connectivity index (χ2n) is 1.96. The Morgan fingerprint density at radius 1 is 1.43 bits per heavy atom. The highest BCUT2D eigenvalue weighted by Crippen LogP contribution is 1.97. The van der Waals surface area contributed by atoms with Crippen LogP contribution < -0.4 is 5.32 Å². The Hall–Kier alpha value is -0.0800. The van der Waals surface area contributed by atoms with Crippen molar-refractivity contribution < 1.29 is 4.74 Å². The van der Waals surface area contributed by atoms with Crippen LogP contribution in [0.3, 0.4) is 0 Å². The molecule has 0 aromatic heterocycles. The van der Waals surface area contributed by atoms with E-state index in [-0.39, 0.29) is 5.72 Å². The molecular weight excluding hydrogens is 90.1 g/mol. The molecule has 0 aromatic carbocycles. The highest BCUT2D eigenvalue weighted by atomic mass is 16.5. The van der Waals surface area contributed by atoms with E-state index < -0.39 is 0 Å². The number of nitrogens with one attached hydrogen (secondary N) is 1. The van der Waals surface area contributed by atoms with Crippen LogP contribution in [-0.2, 0) is 4.74 Å². The monoisotopic (exact) mass is 103 g/mol. The zero-order valence-electron chi connectivity index (χ0n) is 5.41. The molecule has 0 aliphatic rings. The lowest BCUT2D eigenvalue weighted by Crippen LogP contribution is -2.37. The molecule has 0 heterocycles. The van der Waals surface area contributed by atoms with Gasteiger partial charge in [-0.25, -0.2) is 0 Å². The fourth-order valence-electron chi connectivity index (χ4n) is 0.102. The molecule has 0 radical (unpaired) electrons. The summed E-state index contributed by atoms with van der Waals surface area (Å²) in [4.78, 5) is 0. The first-order valence-corrected chi connectivity index (χ1v) is 2.36. The maximum atomic E-state index is 4.98. The Morgan fingerprint density at radius 2 is 1.86 bits per heavy atom. The standard InChI is InChI=1S/C5H13NO/c1-5(2,6-3)7-4/h6H,1-4H3. The van der Waals surface area contributed by atoms with Crippen LogP contribution in [0.25, 0.3) is 0 Å². The van der Waals surface area contributed by atoms with Gasteiger partial charge in [0.1, 0.15) is 5.72 Å². The number of methoxy groups -OCH3 is 1. The van der Waals surface area contributed by atoms with Crippen molar-refractivity contribution in [1.29, 1.82) is 0 Å². The summed E-state index contributed by atoms with van der Waals surface area (Å²) in [7, 11) is 3.54. The molecule has 1 N–H and O–H groups in total. The summed E-state index contributed by atoms with van der Waals surface area (Å²) in [5.74, 6) is 0. The Balaban J connectivity index is 3.36. The van der Waals surface area contributed by atoms with Gasteiger partial charge in [0.15, 0.2) is 0 Å². The fraction of sp³-hybridized carbons (Fsp3) is 1.00. The number of ether oxygens (including phenoxy) is 1. The molecule has 0 aromatic rings. The average molecular weight is 103 g/mol. The molecule has 0 rings (SSSR count). The summed E-state index contributed by atoms with van der Waals surface area (Å²) >= 11 is 0.